The first kappa shape index (κ1) is 33.8. The minimum atomic E-state index is -0.507. The number of rotatable bonds is 7. The quantitative estimate of drug-likeness (QED) is 0.157. The summed E-state index contributed by atoms with van der Waals surface area (Å²) in [6.07, 6.45) is 0. The van der Waals surface area contributed by atoms with Gasteiger partial charge in [0.1, 0.15) is 0 Å². The van der Waals surface area contributed by atoms with E-state index in [4.69, 9.17) is 0 Å². The van der Waals surface area contributed by atoms with Crippen molar-refractivity contribution >= 4 is 38.6 Å². The van der Waals surface area contributed by atoms with E-state index in [9.17, 15) is 0 Å². The van der Waals surface area contributed by atoms with Crippen LogP contribution in [-0.2, 0) is 5.41 Å². The van der Waals surface area contributed by atoms with Gasteiger partial charge in [0.15, 0.2) is 0 Å². The lowest BCUT2D eigenvalue weighted by Crippen LogP contribution is -2.28. The smallest absolute Gasteiger partial charge is 0.0714 e. The molecule has 0 heterocycles. The van der Waals surface area contributed by atoms with E-state index in [1.165, 1.54) is 77.2 Å². The minimum Gasteiger partial charge on any atom is -0.309 e. The second kappa shape index (κ2) is 13.9. The standard InChI is InChI=1S/C57H39N/c1-4-18-40(19-5-1)41-34-36-43(37-35-41)46-38-39-54(49-28-13-12-27-48(46)49)58(53-32-16-21-42-20-10-11-26-47(42)53)55-33-17-31-52-56(55)50-29-14-15-30-51(50)57(52,44-22-6-2-7-23-44)45-24-8-3-9-25-45/h1-39H. The summed E-state index contributed by atoms with van der Waals surface area (Å²) < 4.78 is 0. The summed E-state index contributed by atoms with van der Waals surface area (Å²) in [7, 11) is 0. The molecular weight excluding hydrogens is 699 g/mol. The topological polar surface area (TPSA) is 3.24 Å². The van der Waals surface area contributed by atoms with Crippen molar-refractivity contribution in [1.82, 2.24) is 0 Å². The third-order valence-corrected chi connectivity index (χ3v) is 12.2. The molecule has 0 spiro atoms. The molecule has 0 N–H and O–H groups in total. The Morgan fingerprint density at radius 1 is 0.276 bits per heavy atom. The van der Waals surface area contributed by atoms with Gasteiger partial charge in [0.25, 0.3) is 0 Å². The van der Waals surface area contributed by atoms with Crippen LogP contribution in [0, 0.1) is 0 Å². The van der Waals surface area contributed by atoms with Crippen LogP contribution in [0.3, 0.4) is 0 Å². The summed E-state index contributed by atoms with van der Waals surface area (Å²) in [6, 6.07) is 86.8. The van der Waals surface area contributed by atoms with Crippen molar-refractivity contribution in [3.8, 4) is 33.4 Å². The van der Waals surface area contributed by atoms with Crippen LogP contribution in [0.15, 0.2) is 237 Å². The van der Waals surface area contributed by atoms with E-state index in [1.54, 1.807) is 0 Å². The lowest BCUT2D eigenvalue weighted by atomic mass is 9.68. The molecule has 0 atom stereocenters. The molecule has 0 aliphatic heterocycles. The van der Waals surface area contributed by atoms with Crippen LogP contribution in [0.4, 0.5) is 17.1 Å². The highest BCUT2D eigenvalue weighted by Gasteiger charge is 2.47. The van der Waals surface area contributed by atoms with E-state index in [-0.39, 0.29) is 0 Å². The predicted molar refractivity (Wildman–Crippen MR) is 244 cm³/mol. The number of benzene rings is 10. The summed E-state index contributed by atoms with van der Waals surface area (Å²) in [5, 5.41) is 4.83. The van der Waals surface area contributed by atoms with Crippen LogP contribution in [0.2, 0.25) is 0 Å². The van der Waals surface area contributed by atoms with Gasteiger partial charge in [-0.15, -0.1) is 0 Å². The number of hydrogen-bond donors (Lipinski definition) is 0. The van der Waals surface area contributed by atoms with Crippen molar-refractivity contribution in [1.29, 1.82) is 0 Å². The van der Waals surface area contributed by atoms with Crippen molar-refractivity contribution in [2.75, 3.05) is 4.90 Å². The maximum atomic E-state index is 2.54. The first-order chi connectivity index (χ1) is 28.8. The molecule has 272 valence electrons. The predicted octanol–water partition coefficient (Wildman–Crippen LogP) is 15.2. The highest BCUT2D eigenvalue weighted by Crippen LogP contribution is 2.60. The van der Waals surface area contributed by atoms with Gasteiger partial charge in [-0.25, -0.2) is 0 Å². The van der Waals surface area contributed by atoms with E-state index >= 15 is 0 Å². The SMILES string of the molecule is c1ccc(-c2ccc(-c3ccc(N(c4cccc5c4-c4ccccc4C5(c4ccccc4)c4ccccc4)c4cccc5ccccc45)c4ccccc34)cc2)cc1. The van der Waals surface area contributed by atoms with Crippen LogP contribution in [0.5, 0.6) is 0 Å². The molecule has 1 nitrogen and oxygen atoms in total. The Kier molecular flexibility index (Phi) is 8.12. The Labute approximate surface area is 339 Å². The van der Waals surface area contributed by atoms with E-state index in [1.807, 2.05) is 0 Å². The van der Waals surface area contributed by atoms with Gasteiger partial charge in [0.05, 0.1) is 22.5 Å². The first-order valence-electron chi connectivity index (χ1n) is 20.1. The molecular formula is C57H39N. The summed E-state index contributed by atoms with van der Waals surface area (Å²) in [6.45, 7) is 0. The molecule has 10 aromatic carbocycles. The molecule has 0 saturated heterocycles. The molecule has 0 amide bonds. The van der Waals surface area contributed by atoms with Crippen molar-refractivity contribution in [2.24, 2.45) is 0 Å². The summed E-state index contributed by atoms with van der Waals surface area (Å²) in [4.78, 5) is 2.54. The average molecular weight is 738 g/mol. The zero-order chi connectivity index (χ0) is 38.5. The molecule has 58 heavy (non-hydrogen) atoms. The Morgan fingerprint density at radius 3 is 1.52 bits per heavy atom. The van der Waals surface area contributed by atoms with Gasteiger partial charge in [0.2, 0.25) is 0 Å². The monoisotopic (exact) mass is 737 g/mol. The van der Waals surface area contributed by atoms with Gasteiger partial charge in [0, 0.05) is 16.3 Å². The molecule has 0 fully saturated rings. The average Bonchev–Trinajstić information content (AvgIpc) is 3.62. The molecule has 1 aliphatic carbocycles. The second-order valence-electron chi connectivity index (χ2n) is 15.2. The summed E-state index contributed by atoms with van der Waals surface area (Å²) in [5.74, 6) is 0. The Morgan fingerprint density at radius 2 is 0.776 bits per heavy atom. The van der Waals surface area contributed by atoms with E-state index in [0.717, 1.165) is 17.1 Å². The molecule has 0 aromatic heterocycles. The van der Waals surface area contributed by atoms with Crippen LogP contribution >= 0.6 is 0 Å². The first-order valence-corrected chi connectivity index (χ1v) is 20.1. The van der Waals surface area contributed by atoms with Gasteiger partial charge in [-0.1, -0.05) is 218 Å². The van der Waals surface area contributed by atoms with Crippen LogP contribution in [0.25, 0.3) is 54.9 Å². The normalized spacial score (nSPS) is 12.6. The zero-order valence-electron chi connectivity index (χ0n) is 32.0. The Hall–Kier alpha value is -7.48. The molecule has 1 aliphatic rings. The molecule has 10 aromatic rings. The maximum Gasteiger partial charge on any atom is 0.0714 e. The van der Waals surface area contributed by atoms with Crippen LogP contribution in [-0.4, -0.2) is 0 Å². The third kappa shape index (κ3) is 5.25. The molecule has 0 saturated carbocycles. The minimum absolute atomic E-state index is 0.507. The van der Waals surface area contributed by atoms with Gasteiger partial charge in [-0.2, -0.15) is 0 Å². The van der Waals surface area contributed by atoms with Crippen molar-refractivity contribution in [2.45, 2.75) is 5.41 Å². The highest BCUT2D eigenvalue weighted by atomic mass is 15.1. The Bertz CT molecular complexity index is 3050. The lowest BCUT2D eigenvalue weighted by molar-refractivity contribution is 0.768. The number of nitrogens with zero attached hydrogens (tertiary/aromatic N) is 1. The fourth-order valence-corrected chi connectivity index (χ4v) is 9.66. The van der Waals surface area contributed by atoms with Crippen LogP contribution in [0.1, 0.15) is 22.3 Å². The van der Waals surface area contributed by atoms with Gasteiger partial charge in [-0.3, -0.25) is 0 Å². The third-order valence-electron chi connectivity index (χ3n) is 12.2. The summed E-state index contributed by atoms with van der Waals surface area (Å²) in [5.41, 5.74) is 15.4. The van der Waals surface area contributed by atoms with Gasteiger partial charge >= 0.3 is 0 Å². The van der Waals surface area contributed by atoms with Crippen molar-refractivity contribution < 1.29 is 0 Å². The number of anilines is 3. The van der Waals surface area contributed by atoms with Crippen molar-refractivity contribution in [3.05, 3.63) is 259 Å². The molecule has 0 bridgehead atoms. The Balaban J connectivity index is 1.19. The van der Waals surface area contributed by atoms with Gasteiger partial charge in [-0.05, 0) is 79.0 Å². The molecule has 11 rings (SSSR count). The van der Waals surface area contributed by atoms with E-state index in [0.29, 0.717) is 0 Å². The van der Waals surface area contributed by atoms with Gasteiger partial charge < -0.3 is 4.90 Å². The van der Waals surface area contributed by atoms with Crippen molar-refractivity contribution in [3.63, 3.8) is 0 Å². The molecule has 0 radical (unpaired) electrons. The largest absolute Gasteiger partial charge is 0.309 e. The molecule has 0 unspecified atom stereocenters. The highest BCUT2D eigenvalue weighted by molar-refractivity contribution is 6.11. The maximum absolute atomic E-state index is 2.54. The zero-order valence-corrected chi connectivity index (χ0v) is 32.0. The fraction of sp³-hybridized carbons (Fsp3) is 0.0175. The molecule has 1 heteroatoms. The second-order valence-corrected chi connectivity index (χ2v) is 15.2. The van der Waals surface area contributed by atoms with E-state index in [2.05, 4.69) is 241 Å². The fourth-order valence-electron chi connectivity index (χ4n) is 9.66. The number of hydrogen-bond acceptors (Lipinski definition) is 1. The van der Waals surface area contributed by atoms with E-state index < -0.39 is 5.41 Å². The van der Waals surface area contributed by atoms with Crippen LogP contribution < -0.4 is 4.90 Å². The lowest BCUT2D eigenvalue weighted by Gasteiger charge is -2.34. The summed E-state index contributed by atoms with van der Waals surface area (Å²) >= 11 is 0. The number of fused-ring (bicyclic) bond motifs is 5.